The van der Waals surface area contributed by atoms with E-state index < -0.39 is 11.7 Å². The van der Waals surface area contributed by atoms with Gasteiger partial charge in [-0.3, -0.25) is 0 Å². The molecule has 0 amide bonds. The second kappa shape index (κ2) is 4.39. The van der Waals surface area contributed by atoms with E-state index >= 15 is 0 Å². The van der Waals surface area contributed by atoms with Crippen molar-refractivity contribution in [2.45, 2.75) is 25.4 Å². The lowest BCUT2D eigenvalue weighted by Crippen LogP contribution is -2.10. The number of terminal acetylenes is 1. The summed E-state index contributed by atoms with van der Waals surface area (Å²) in [4.78, 5) is 0. The van der Waals surface area contributed by atoms with E-state index in [0.717, 1.165) is 6.07 Å². The van der Waals surface area contributed by atoms with Gasteiger partial charge in [-0.1, -0.05) is 25.1 Å². The van der Waals surface area contributed by atoms with Crippen LogP contribution in [0.1, 0.15) is 30.4 Å². The summed E-state index contributed by atoms with van der Waals surface area (Å²) >= 11 is 0. The van der Waals surface area contributed by atoms with E-state index in [1.165, 1.54) is 12.1 Å². The van der Waals surface area contributed by atoms with Gasteiger partial charge in [0.1, 0.15) is 0 Å². The van der Waals surface area contributed by atoms with Gasteiger partial charge in [0.2, 0.25) is 0 Å². The number of halogens is 3. The summed E-state index contributed by atoms with van der Waals surface area (Å²) in [6, 6.07) is 5.54. The number of alkyl halides is 3. The minimum atomic E-state index is -4.31. The van der Waals surface area contributed by atoms with Crippen LogP contribution in [-0.4, -0.2) is 0 Å². The molecule has 0 aliphatic heterocycles. The molecule has 0 nitrogen and oxygen atoms in total. The van der Waals surface area contributed by atoms with Crippen LogP contribution in [0, 0.1) is 12.3 Å². The van der Waals surface area contributed by atoms with E-state index in [-0.39, 0.29) is 11.5 Å². The zero-order valence-electron chi connectivity index (χ0n) is 8.31. The number of hydrogen-bond acceptors (Lipinski definition) is 0. The van der Waals surface area contributed by atoms with Crippen molar-refractivity contribution in [3.63, 3.8) is 0 Å². The van der Waals surface area contributed by atoms with E-state index in [9.17, 15) is 13.2 Å². The fourth-order valence-electron chi connectivity index (χ4n) is 1.47. The maximum atomic E-state index is 12.6. The van der Waals surface area contributed by atoms with Gasteiger partial charge in [0.05, 0.1) is 5.56 Å². The van der Waals surface area contributed by atoms with Crippen molar-refractivity contribution in [1.29, 1.82) is 0 Å². The lowest BCUT2D eigenvalue weighted by molar-refractivity contribution is -0.138. The molecular formula is C12H11F3. The first-order chi connectivity index (χ1) is 6.96. The molecule has 1 aromatic carbocycles. The Morgan fingerprint density at radius 3 is 2.47 bits per heavy atom. The fourth-order valence-corrected chi connectivity index (χ4v) is 1.47. The summed E-state index contributed by atoms with van der Waals surface area (Å²) in [5, 5.41) is 0. The number of hydrogen-bond donors (Lipinski definition) is 0. The molecule has 0 fully saturated rings. The fraction of sp³-hybridized carbons (Fsp3) is 0.333. The summed E-state index contributed by atoms with van der Waals surface area (Å²) in [5.74, 6) is 2.11. The minimum Gasteiger partial charge on any atom is -0.166 e. The molecule has 0 spiro atoms. The summed E-state index contributed by atoms with van der Waals surface area (Å²) in [6.45, 7) is 1.70. The maximum absolute atomic E-state index is 12.6. The van der Waals surface area contributed by atoms with Crippen LogP contribution in [0.3, 0.4) is 0 Å². The van der Waals surface area contributed by atoms with Crippen LogP contribution in [0.25, 0.3) is 0 Å². The first kappa shape index (κ1) is 11.6. The number of benzene rings is 1. The largest absolute Gasteiger partial charge is 0.416 e. The highest BCUT2D eigenvalue weighted by molar-refractivity contribution is 5.33. The zero-order valence-corrected chi connectivity index (χ0v) is 8.31. The molecule has 0 aliphatic carbocycles. The predicted octanol–water partition coefficient (Wildman–Crippen LogP) is 3.83. The average molecular weight is 212 g/mol. The highest BCUT2D eigenvalue weighted by Gasteiger charge is 2.33. The molecule has 0 N–H and O–H groups in total. The summed E-state index contributed by atoms with van der Waals surface area (Å²) in [6.07, 6.45) is 1.10. The SMILES string of the molecule is C#CCC(C)c1ccccc1C(F)(F)F. The van der Waals surface area contributed by atoms with Gasteiger partial charge in [-0.25, -0.2) is 0 Å². The topological polar surface area (TPSA) is 0 Å². The highest BCUT2D eigenvalue weighted by atomic mass is 19.4. The summed E-state index contributed by atoms with van der Waals surface area (Å²) in [5.41, 5.74) is -0.323. The molecule has 0 aromatic heterocycles. The van der Waals surface area contributed by atoms with Crippen molar-refractivity contribution in [3.05, 3.63) is 35.4 Å². The van der Waals surface area contributed by atoms with Crippen molar-refractivity contribution < 1.29 is 13.2 Å². The molecule has 15 heavy (non-hydrogen) atoms. The highest BCUT2D eigenvalue weighted by Crippen LogP contribution is 2.35. The van der Waals surface area contributed by atoms with Crippen LogP contribution in [0.2, 0.25) is 0 Å². The first-order valence-corrected chi connectivity index (χ1v) is 4.56. The Bertz CT molecular complexity index is 371. The average Bonchev–Trinajstić information content (AvgIpc) is 2.17. The molecule has 0 heterocycles. The molecule has 0 aliphatic rings. The second-order valence-electron chi connectivity index (χ2n) is 3.39. The van der Waals surface area contributed by atoms with Gasteiger partial charge < -0.3 is 0 Å². The van der Waals surface area contributed by atoms with Crippen LogP contribution < -0.4 is 0 Å². The van der Waals surface area contributed by atoms with E-state index in [4.69, 9.17) is 6.42 Å². The van der Waals surface area contributed by atoms with Gasteiger partial charge in [0.15, 0.2) is 0 Å². The monoisotopic (exact) mass is 212 g/mol. The third kappa shape index (κ3) is 2.76. The lowest BCUT2D eigenvalue weighted by atomic mass is 9.93. The Morgan fingerprint density at radius 1 is 1.33 bits per heavy atom. The Hall–Kier alpha value is -1.43. The molecule has 3 heteroatoms. The van der Waals surface area contributed by atoms with E-state index in [0.29, 0.717) is 6.42 Å². The van der Waals surface area contributed by atoms with Crippen molar-refractivity contribution in [3.8, 4) is 12.3 Å². The van der Waals surface area contributed by atoms with Crippen LogP contribution in [0.15, 0.2) is 24.3 Å². The molecular weight excluding hydrogens is 201 g/mol. The molecule has 0 bridgehead atoms. The van der Waals surface area contributed by atoms with E-state index in [1.807, 2.05) is 0 Å². The van der Waals surface area contributed by atoms with Gasteiger partial charge in [0, 0.05) is 6.42 Å². The van der Waals surface area contributed by atoms with E-state index in [1.54, 1.807) is 13.0 Å². The van der Waals surface area contributed by atoms with Crippen molar-refractivity contribution in [1.82, 2.24) is 0 Å². The molecule has 0 saturated carbocycles. The molecule has 1 unspecified atom stereocenters. The zero-order chi connectivity index (χ0) is 11.5. The second-order valence-corrected chi connectivity index (χ2v) is 3.39. The molecule has 0 saturated heterocycles. The van der Waals surface area contributed by atoms with E-state index in [2.05, 4.69) is 5.92 Å². The molecule has 0 radical (unpaired) electrons. The molecule has 80 valence electrons. The standard InChI is InChI=1S/C12H11F3/c1-3-6-9(2)10-7-4-5-8-11(10)12(13,14)15/h1,4-5,7-9H,6H2,2H3. The quantitative estimate of drug-likeness (QED) is 0.653. The summed E-state index contributed by atoms with van der Waals surface area (Å²) in [7, 11) is 0. The summed E-state index contributed by atoms with van der Waals surface area (Å²) < 4.78 is 37.8. The third-order valence-electron chi connectivity index (χ3n) is 2.22. The van der Waals surface area contributed by atoms with Crippen LogP contribution in [-0.2, 0) is 6.18 Å². The van der Waals surface area contributed by atoms with Gasteiger partial charge >= 0.3 is 6.18 Å². The smallest absolute Gasteiger partial charge is 0.166 e. The Kier molecular flexibility index (Phi) is 3.41. The van der Waals surface area contributed by atoms with Crippen molar-refractivity contribution >= 4 is 0 Å². The normalized spacial score (nSPS) is 13.3. The van der Waals surface area contributed by atoms with Crippen LogP contribution in [0.4, 0.5) is 13.2 Å². The Labute approximate surface area is 87.1 Å². The van der Waals surface area contributed by atoms with Crippen LogP contribution in [0.5, 0.6) is 0 Å². The Balaban J connectivity index is 3.13. The molecule has 1 rings (SSSR count). The van der Waals surface area contributed by atoms with Crippen LogP contribution >= 0.6 is 0 Å². The minimum absolute atomic E-state index is 0.267. The van der Waals surface area contributed by atoms with Gasteiger partial charge in [-0.15, -0.1) is 12.3 Å². The van der Waals surface area contributed by atoms with Gasteiger partial charge in [0.25, 0.3) is 0 Å². The maximum Gasteiger partial charge on any atom is 0.416 e. The van der Waals surface area contributed by atoms with Gasteiger partial charge in [-0.2, -0.15) is 13.2 Å². The first-order valence-electron chi connectivity index (χ1n) is 4.56. The van der Waals surface area contributed by atoms with Crippen molar-refractivity contribution in [2.24, 2.45) is 0 Å². The number of rotatable bonds is 2. The third-order valence-corrected chi connectivity index (χ3v) is 2.22. The van der Waals surface area contributed by atoms with Gasteiger partial charge in [-0.05, 0) is 17.5 Å². The molecule has 1 aromatic rings. The lowest BCUT2D eigenvalue weighted by Gasteiger charge is -2.16. The predicted molar refractivity (Wildman–Crippen MR) is 53.3 cm³/mol. The Morgan fingerprint density at radius 2 is 1.93 bits per heavy atom. The van der Waals surface area contributed by atoms with Crippen molar-refractivity contribution in [2.75, 3.05) is 0 Å². The molecule has 1 atom stereocenters.